The van der Waals surface area contributed by atoms with E-state index in [0.29, 0.717) is 5.82 Å². The van der Waals surface area contributed by atoms with Crippen LogP contribution in [0.1, 0.15) is 5.56 Å². The van der Waals surface area contributed by atoms with Crippen LogP contribution >= 0.6 is 11.5 Å². The Kier molecular flexibility index (Phi) is 2.37. The van der Waals surface area contributed by atoms with Crippen molar-refractivity contribution in [2.24, 2.45) is 0 Å². The molecule has 1 aliphatic heterocycles. The molecule has 0 bridgehead atoms. The van der Waals surface area contributed by atoms with E-state index in [1.807, 2.05) is 6.92 Å². The van der Waals surface area contributed by atoms with Crippen LogP contribution in [0.2, 0.25) is 0 Å². The number of anilines is 2. The largest absolute Gasteiger partial charge is 0.383 e. The third kappa shape index (κ3) is 1.62. The van der Waals surface area contributed by atoms with Gasteiger partial charge in [0.1, 0.15) is 10.8 Å². The lowest BCUT2D eigenvalue weighted by molar-refractivity contribution is 0.123. The van der Waals surface area contributed by atoms with Crippen LogP contribution in [0.25, 0.3) is 0 Å². The first-order valence-corrected chi connectivity index (χ1v) is 5.11. The van der Waals surface area contributed by atoms with Crippen molar-refractivity contribution in [2.45, 2.75) is 6.92 Å². The average Bonchev–Trinajstić information content (AvgIpc) is 2.49. The summed E-state index contributed by atoms with van der Waals surface area (Å²) in [4.78, 5) is 2.28. The molecule has 0 spiro atoms. The zero-order chi connectivity index (χ0) is 9.26. The highest BCUT2D eigenvalue weighted by molar-refractivity contribution is 7.10. The number of hydrogen-bond donors (Lipinski definition) is 1. The molecule has 5 heteroatoms. The van der Waals surface area contributed by atoms with Gasteiger partial charge in [-0.05, 0) is 18.5 Å². The molecule has 2 rings (SSSR count). The number of nitrogen functional groups attached to an aromatic ring is 1. The Morgan fingerprint density at radius 3 is 2.69 bits per heavy atom. The highest BCUT2D eigenvalue weighted by Crippen LogP contribution is 2.29. The summed E-state index contributed by atoms with van der Waals surface area (Å²) in [5.74, 6) is 0.659. The highest BCUT2D eigenvalue weighted by Gasteiger charge is 2.16. The molecule has 1 fully saturated rings. The van der Waals surface area contributed by atoms with E-state index in [9.17, 15) is 0 Å². The van der Waals surface area contributed by atoms with Gasteiger partial charge in [-0.25, -0.2) is 0 Å². The van der Waals surface area contributed by atoms with E-state index in [1.54, 1.807) is 0 Å². The van der Waals surface area contributed by atoms with E-state index in [2.05, 4.69) is 9.27 Å². The second-order valence-corrected chi connectivity index (χ2v) is 3.85. The SMILES string of the molecule is Cc1c(N)nsc1N1CCOCC1. The van der Waals surface area contributed by atoms with Crippen molar-refractivity contribution in [3.05, 3.63) is 5.56 Å². The first-order chi connectivity index (χ1) is 6.29. The Morgan fingerprint density at radius 2 is 2.15 bits per heavy atom. The van der Waals surface area contributed by atoms with Crippen molar-refractivity contribution in [2.75, 3.05) is 36.9 Å². The lowest BCUT2D eigenvalue weighted by atomic mass is 10.3. The minimum absolute atomic E-state index is 0.659. The van der Waals surface area contributed by atoms with Gasteiger partial charge < -0.3 is 15.4 Å². The smallest absolute Gasteiger partial charge is 0.142 e. The minimum atomic E-state index is 0.659. The van der Waals surface area contributed by atoms with E-state index >= 15 is 0 Å². The van der Waals surface area contributed by atoms with Crippen molar-refractivity contribution < 1.29 is 4.74 Å². The fraction of sp³-hybridized carbons (Fsp3) is 0.625. The van der Waals surface area contributed by atoms with Crippen LogP contribution < -0.4 is 10.6 Å². The minimum Gasteiger partial charge on any atom is -0.383 e. The molecule has 0 atom stereocenters. The predicted molar refractivity (Wildman–Crippen MR) is 54.3 cm³/mol. The fourth-order valence-electron chi connectivity index (χ4n) is 1.40. The maximum Gasteiger partial charge on any atom is 0.142 e. The Hall–Kier alpha value is -0.810. The van der Waals surface area contributed by atoms with Crippen molar-refractivity contribution in [1.29, 1.82) is 0 Å². The number of aromatic nitrogens is 1. The highest BCUT2D eigenvalue weighted by atomic mass is 32.1. The van der Waals surface area contributed by atoms with Crippen LogP contribution in [0.5, 0.6) is 0 Å². The summed E-state index contributed by atoms with van der Waals surface area (Å²) >= 11 is 1.48. The summed E-state index contributed by atoms with van der Waals surface area (Å²) in [5, 5.41) is 1.20. The van der Waals surface area contributed by atoms with Crippen LogP contribution in [0.15, 0.2) is 0 Å². The van der Waals surface area contributed by atoms with Gasteiger partial charge in [-0.1, -0.05) is 0 Å². The Morgan fingerprint density at radius 1 is 1.46 bits per heavy atom. The van der Waals surface area contributed by atoms with Gasteiger partial charge in [-0.3, -0.25) is 0 Å². The van der Waals surface area contributed by atoms with Crippen LogP contribution in [0, 0.1) is 6.92 Å². The van der Waals surface area contributed by atoms with Gasteiger partial charge in [0, 0.05) is 18.7 Å². The molecule has 0 saturated carbocycles. The molecule has 1 aliphatic rings. The van der Waals surface area contributed by atoms with Gasteiger partial charge in [0.2, 0.25) is 0 Å². The van der Waals surface area contributed by atoms with Gasteiger partial charge in [-0.2, -0.15) is 4.37 Å². The van der Waals surface area contributed by atoms with E-state index < -0.39 is 0 Å². The number of nitrogens with zero attached hydrogens (tertiary/aromatic N) is 2. The van der Waals surface area contributed by atoms with Crippen LogP contribution in [-0.2, 0) is 4.74 Å². The van der Waals surface area contributed by atoms with E-state index in [1.165, 1.54) is 16.5 Å². The second-order valence-electron chi connectivity index (χ2n) is 3.10. The van der Waals surface area contributed by atoms with Gasteiger partial charge in [0.25, 0.3) is 0 Å². The maximum absolute atomic E-state index is 5.69. The summed E-state index contributed by atoms with van der Waals surface area (Å²) in [5.41, 5.74) is 6.79. The third-order valence-electron chi connectivity index (χ3n) is 2.23. The summed E-state index contributed by atoms with van der Waals surface area (Å²) in [7, 11) is 0. The molecular weight excluding hydrogens is 186 g/mol. The summed E-state index contributed by atoms with van der Waals surface area (Å²) in [6, 6.07) is 0. The number of nitrogens with two attached hydrogens (primary N) is 1. The molecule has 1 aromatic heterocycles. The first-order valence-electron chi connectivity index (χ1n) is 4.33. The van der Waals surface area contributed by atoms with Crippen LogP contribution in [-0.4, -0.2) is 30.7 Å². The quantitative estimate of drug-likeness (QED) is 0.729. The molecular formula is C8H13N3OS. The molecule has 2 heterocycles. The lowest BCUT2D eigenvalue weighted by Crippen LogP contribution is -2.36. The Bertz CT molecular complexity index is 294. The topological polar surface area (TPSA) is 51.4 Å². The number of hydrogen-bond acceptors (Lipinski definition) is 5. The van der Waals surface area contributed by atoms with Crippen LogP contribution in [0.4, 0.5) is 10.8 Å². The predicted octanol–water partition coefficient (Wildman–Crippen LogP) is 0.870. The van der Waals surface area contributed by atoms with Crippen molar-refractivity contribution in [3.63, 3.8) is 0 Å². The Labute approximate surface area is 81.5 Å². The third-order valence-corrected chi connectivity index (χ3v) is 3.26. The zero-order valence-corrected chi connectivity index (χ0v) is 8.43. The molecule has 72 valence electrons. The summed E-state index contributed by atoms with van der Waals surface area (Å²) in [6.07, 6.45) is 0. The molecule has 0 aliphatic carbocycles. The lowest BCUT2D eigenvalue weighted by Gasteiger charge is -2.27. The monoisotopic (exact) mass is 199 g/mol. The van der Waals surface area contributed by atoms with Gasteiger partial charge >= 0.3 is 0 Å². The molecule has 1 saturated heterocycles. The zero-order valence-electron chi connectivity index (χ0n) is 7.62. The molecule has 2 N–H and O–H groups in total. The molecule has 4 nitrogen and oxygen atoms in total. The molecule has 13 heavy (non-hydrogen) atoms. The molecule has 0 unspecified atom stereocenters. The molecule has 0 amide bonds. The summed E-state index contributed by atoms with van der Waals surface area (Å²) in [6.45, 7) is 5.52. The van der Waals surface area contributed by atoms with Gasteiger partial charge in [-0.15, -0.1) is 0 Å². The number of ether oxygens (including phenoxy) is 1. The van der Waals surface area contributed by atoms with E-state index in [0.717, 1.165) is 31.9 Å². The number of rotatable bonds is 1. The molecule has 0 aromatic carbocycles. The van der Waals surface area contributed by atoms with Crippen LogP contribution in [0.3, 0.4) is 0 Å². The normalized spacial score (nSPS) is 17.8. The maximum atomic E-state index is 5.69. The first kappa shape index (κ1) is 8.77. The molecule has 0 radical (unpaired) electrons. The van der Waals surface area contributed by atoms with Gasteiger partial charge in [0.15, 0.2) is 0 Å². The van der Waals surface area contributed by atoms with Crippen molar-refractivity contribution in [1.82, 2.24) is 4.37 Å². The standard InChI is InChI=1S/C8H13N3OS/c1-6-7(9)10-13-8(6)11-2-4-12-5-3-11/h2-5H2,1H3,(H2,9,10). The van der Waals surface area contributed by atoms with E-state index in [-0.39, 0.29) is 0 Å². The second kappa shape index (κ2) is 3.51. The molecule has 1 aromatic rings. The Balaban J connectivity index is 2.18. The summed E-state index contributed by atoms with van der Waals surface area (Å²) < 4.78 is 9.41. The fourth-order valence-corrected chi connectivity index (χ4v) is 2.26. The van der Waals surface area contributed by atoms with Crippen molar-refractivity contribution in [3.8, 4) is 0 Å². The van der Waals surface area contributed by atoms with Gasteiger partial charge in [0.05, 0.1) is 13.2 Å². The average molecular weight is 199 g/mol. The number of morpholine rings is 1. The van der Waals surface area contributed by atoms with E-state index in [4.69, 9.17) is 10.5 Å². The van der Waals surface area contributed by atoms with Crippen molar-refractivity contribution >= 4 is 22.4 Å².